The van der Waals surface area contributed by atoms with Crippen LogP contribution in [0.5, 0.6) is 0 Å². The zero-order valence-corrected chi connectivity index (χ0v) is 12.0. The van der Waals surface area contributed by atoms with E-state index in [0.717, 1.165) is 17.7 Å². The summed E-state index contributed by atoms with van der Waals surface area (Å²) < 4.78 is 38.7. The zero-order valence-electron chi connectivity index (χ0n) is 10.3. The molecule has 0 saturated heterocycles. The minimum absolute atomic E-state index is 0.296. The molecule has 0 bridgehead atoms. The van der Waals surface area contributed by atoms with Crippen molar-refractivity contribution in [3.05, 3.63) is 70.8 Å². The molecule has 0 aliphatic rings. The predicted octanol–water partition coefficient (Wildman–Crippen LogP) is 4.90. The van der Waals surface area contributed by atoms with E-state index >= 15 is 0 Å². The second-order valence-corrected chi connectivity index (χ2v) is 5.50. The SMILES string of the molecule is FC(F)(F)c1ccc(C(=S)S)c(Cc2ccccc2)c1. The first-order valence-electron chi connectivity index (χ1n) is 5.85. The normalized spacial score (nSPS) is 11.4. The van der Waals surface area contributed by atoms with Gasteiger partial charge in [0.25, 0.3) is 0 Å². The van der Waals surface area contributed by atoms with E-state index in [-0.39, 0.29) is 0 Å². The summed E-state index contributed by atoms with van der Waals surface area (Å²) in [6.45, 7) is 0. The molecule has 0 amide bonds. The number of hydrogen-bond donors (Lipinski definition) is 1. The second-order valence-electron chi connectivity index (χ2n) is 4.34. The molecular formula is C15H11F3S2. The van der Waals surface area contributed by atoms with Gasteiger partial charge in [-0.15, -0.1) is 12.6 Å². The molecule has 2 aromatic rings. The Balaban J connectivity index is 2.45. The highest BCUT2D eigenvalue weighted by atomic mass is 32.1. The second kappa shape index (κ2) is 5.97. The Kier molecular flexibility index (Phi) is 4.50. The quantitative estimate of drug-likeness (QED) is 0.621. The third-order valence-electron chi connectivity index (χ3n) is 2.90. The van der Waals surface area contributed by atoms with Crippen molar-refractivity contribution in [3.8, 4) is 0 Å². The number of benzene rings is 2. The Labute approximate surface area is 126 Å². The van der Waals surface area contributed by atoms with Crippen LogP contribution in [0.3, 0.4) is 0 Å². The molecule has 5 heteroatoms. The molecule has 2 aromatic carbocycles. The van der Waals surface area contributed by atoms with Crippen molar-refractivity contribution < 1.29 is 13.2 Å². The molecule has 0 saturated carbocycles. The molecule has 0 aromatic heterocycles. The summed E-state index contributed by atoms with van der Waals surface area (Å²) in [6.07, 6.45) is -3.97. The van der Waals surface area contributed by atoms with Gasteiger partial charge in [-0.1, -0.05) is 48.6 Å². The molecular weight excluding hydrogens is 301 g/mol. The van der Waals surface area contributed by atoms with E-state index in [1.807, 2.05) is 30.3 Å². The molecule has 0 aliphatic carbocycles. The van der Waals surface area contributed by atoms with E-state index in [1.165, 1.54) is 6.07 Å². The standard InChI is InChI=1S/C15H11F3S2/c16-15(17,18)12-6-7-13(14(19)20)11(9-12)8-10-4-2-1-3-5-10/h1-7,9H,8H2,(H,19,20). The minimum atomic E-state index is -4.36. The first-order chi connectivity index (χ1) is 9.38. The van der Waals surface area contributed by atoms with Crippen LogP contribution in [0.15, 0.2) is 48.5 Å². The monoisotopic (exact) mass is 312 g/mol. The molecule has 104 valence electrons. The first-order valence-corrected chi connectivity index (χ1v) is 6.71. The molecule has 0 atom stereocenters. The molecule has 0 radical (unpaired) electrons. The van der Waals surface area contributed by atoms with Crippen LogP contribution in [0.2, 0.25) is 0 Å². The highest BCUT2D eigenvalue weighted by Crippen LogP contribution is 2.31. The van der Waals surface area contributed by atoms with Gasteiger partial charge >= 0.3 is 6.18 Å². The highest BCUT2D eigenvalue weighted by molar-refractivity contribution is 8.11. The fourth-order valence-corrected chi connectivity index (χ4v) is 2.36. The van der Waals surface area contributed by atoms with Gasteiger partial charge < -0.3 is 0 Å². The van der Waals surface area contributed by atoms with Crippen LogP contribution in [0.4, 0.5) is 13.2 Å². The van der Waals surface area contributed by atoms with Crippen LogP contribution in [0.25, 0.3) is 0 Å². The average Bonchev–Trinajstić information content (AvgIpc) is 2.38. The summed E-state index contributed by atoms with van der Waals surface area (Å²) >= 11 is 9.07. The van der Waals surface area contributed by atoms with Gasteiger partial charge in [0, 0.05) is 5.56 Å². The van der Waals surface area contributed by atoms with Crippen LogP contribution in [0.1, 0.15) is 22.3 Å². The summed E-state index contributed by atoms with van der Waals surface area (Å²) in [6, 6.07) is 12.9. The maximum absolute atomic E-state index is 12.8. The van der Waals surface area contributed by atoms with Crippen molar-refractivity contribution >= 4 is 29.0 Å². The molecule has 0 nitrogen and oxygen atoms in total. The number of rotatable bonds is 3. The lowest BCUT2D eigenvalue weighted by molar-refractivity contribution is -0.137. The van der Waals surface area contributed by atoms with Crippen LogP contribution >= 0.6 is 24.8 Å². The Morgan fingerprint density at radius 3 is 2.25 bits per heavy atom. The van der Waals surface area contributed by atoms with Gasteiger partial charge in [-0.25, -0.2) is 0 Å². The molecule has 2 rings (SSSR count). The average molecular weight is 312 g/mol. The van der Waals surface area contributed by atoms with Crippen molar-refractivity contribution in [3.63, 3.8) is 0 Å². The summed E-state index contributed by atoms with van der Waals surface area (Å²) in [5, 5.41) is 0. The Bertz CT molecular complexity index is 619. The van der Waals surface area contributed by atoms with Crippen LogP contribution in [-0.4, -0.2) is 4.20 Å². The number of thiol groups is 1. The Morgan fingerprint density at radius 2 is 1.70 bits per heavy atom. The van der Waals surface area contributed by atoms with Gasteiger partial charge in [-0.2, -0.15) is 13.2 Å². The zero-order chi connectivity index (χ0) is 14.8. The lowest BCUT2D eigenvalue weighted by Crippen LogP contribution is -2.08. The van der Waals surface area contributed by atoms with E-state index in [1.54, 1.807) is 0 Å². The fourth-order valence-electron chi connectivity index (χ4n) is 1.94. The van der Waals surface area contributed by atoms with E-state index in [4.69, 9.17) is 12.2 Å². The van der Waals surface area contributed by atoms with Gasteiger partial charge in [-0.3, -0.25) is 0 Å². The maximum Gasteiger partial charge on any atom is 0.416 e. The minimum Gasteiger partial charge on any atom is -0.166 e. The molecule has 20 heavy (non-hydrogen) atoms. The third-order valence-corrected chi connectivity index (χ3v) is 3.36. The van der Waals surface area contributed by atoms with E-state index in [9.17, 15) is 13.2 Å². The number of thiocarbonyl (C=S) groups is 1. The number of hydrogen-bond acceptors (Lipinski definition) is 1. The molecule has 0 fully saturated rings. The van der Waals surface area contributed by atoms with Gasteiger partial charge in [0.05, 0.1) is 9.76 Å². The molecule has 0 unspecified atom stereocenters. The van der Waals surface area contributed by atoms with Gasteiger partial charge in [0.2, 0.25) is 0 Å². The van der Waals surface area contributed by atoms with Crippen molar-refractivity contribution in [2.24, 2.45) is 0 Å². The summed E-state index contributed by atoms with van der Waals surface area (Å²) in [4.78, 5) is 0. The molecule has 0 aliphatic heterocycles. The largest absolute Gasteiger partial charge is 0.416 e. The third kappa shape index (κ3) is 3.61. The van der Waals surface area contributed by atoms with Gasteiger partial charge in [-0.05, 0) is 29.7 Å². The Hall–Kier alpha value is -1.33. The number of alkyl halides is 3. The summed E-state index contributed by atoms with van der Waals surface area (Å²) in [5.41, 5.74) is 1.36. The van der Waals surface area contributed by atoms with Crippen molar-refractivity contribution in [2.45, 2.75) is 12.6 Å². The molecule has 0 spiro atoms. The topological polar surface area (TPSA) is 0 Å². The summed E-state index contributed by atoms with van der Waals surface area (Å²) in [7, 11) is 0. The van der Waals surface area contributed by atoms with E-state index < -0.39 is 11.7 Å². The van der Waals surface area contributed by atoms with Crippen molar-refractivity contribution in [1.29, 1.82) is 0 Å². The predicted molar refractivity (Wildman–Crippen MR) is 81.4 cm³/mol. The smallest absolute Gasteiger partial charge is 0.166 e. The first kappa shape index (κ1) is 15.1. The van der Waals surface area contributed by atoms with Crippen LogP contribution in [-0.2, 0) is 12.6 Å². The lowest BCUT2D eigenvalue weighted by Gasteiger charge is -2.13. The van der Waals surface area contributed by atoms with Crippen molar-refractivity contribution in [1.82, 2.24) is 0 Å². The molecule has 0 N–H and O–H groups in total. The fraction of sp³-hybridized carbons (Fsp3) is 0.133. The van der Waals surface area contributed by atoms with Gasteiger partial charge in [0.15, 0.2) is 0 Å². The van der Waals surface area contributed by atoms with E-state index in [0.29, 0.717) is 21.7 Å². The van der Waals surface area contributed by atoms with Crippen LogP contribution < -0.4 is 0 Å². The summed E-state index contributed by atoms with van der Waals surface area (Å²) in [5.74, 6) is 0. The van der Waals surface area contributed by atoms with Gasteiger partial charge in [0.1, 0.15) is 0 Å². The Morgan fingerprint density at radius 1 is 1.05 bits per heavy atom. The van der Waals surface area contributed by atoms with E-state index in [2.05, 4.69) is 12.6 Å². The molecule has 0 heterocycles. The highest BCUT2D eigenvalue weighted by Gasteiger charge is 2.31. The lowest BCUT2D eigenvalue weighted by atomic mass is 9.98. The maximum atomic E-state index is 12.8. The van der Waals surface area contributed by atoms with Crippen LogP contribution in [0, 0.1) is 0 Å². The number of halogens is 3. The van der Waals surface area contributed by atoms with Crippen molar-refractivity contribution in [2.75, 3.05) is 0 Å².